The van der Waals surface area contributed by atoms with Crippen molar-refractivity contribution in [2.75, 3.05) is 50.1 Å². The monoisotopic (exact) mass is 470 g/mol. The molecule has 1 N–H and O–H groups in total. The third kappa shape index (κ3) is 5.02. The molecule has 0 spiro atoms. The molecule has 1 fully saturated rings. The minimum Gasteiger partial charge on any atom is -0.463 e. The standard InChI is InChI=1S/C27H26N4O4/c1-30(18-26(32)28-19-8-10-20(11-9-19)31-12-15-34-16-13-31)27(33)22-17-24(25-7-4-14-35-25)29-23-6-3-2-5-21(22)23/h2-11,14,17H,12-13,15-16,18H2,1H3,(H,28,32). The topological polar surface area (TPSA) is 87.9 Å². The number of nitrogens with one attached hydrogen (secondary N) is 1. The number of carbonyl (C=O) groups excluding carboxylic acids is 2. The molecule has 8 nitrogen and oxygen atoms in total. The van der Waals surface area contributed by atoms with Crippen molar-refractivity contribution in [2.45, 2.75) is 0 Å². The van der Waals surface area contributed by atoms with Crippen molar-refractivity contribution < 1.29 is 18.7 Å². The summed E-state index contributed by atoms with van der Waals surface area (Å²) in [5, 5.41) is 3.60. The van der Waals surface area contributed by atoms with E-state index in [1.807, 2.05) is 48.5 Å². The van der Waals surface area contributed by atoms with Crippen LogP contribution in [0.25, 0.3) is 22.4 Å². The smallest absolute Gasteiger partial charge is 0.254 e. The molecule has 8 heteroatoms. The SMILES string of the molecule is CN(CC(=O)Nc1ccc(N2CCOCC2)cc1)C(=O)c1cc(-c2ccco2)nc2ccccc12. The first kappa shape index (κ1) is 22.6. The van der Waals surface area contributed by atoms with E-state index in [0.29, 0.717) is 41.4 Å². The fourth-order valence-corrected chi connectivity index (χ4v) is 4.17. The van der Waals surface area contributed by atoms with Gasteiger partial charge in [0.1, 0.15) is 5.69 Å². The molecular formula is C27H26N4O4. The van der Waals surface area contributed by atoms with Crippen molar-refractivity contribution in [3.8, 4) is 11.5 Å². The first-order valence-electron chi connectivity index (χ1n) is 11.5. The second kappa shape index (κ2) is 9.99. The molecule has 2 amide bonds. The molecule has 178 valence electrons. The number of hydrogen-bond acceptors (Lipinski definition) is 6. The van der Waals surface area contributed by atoms with E-state index < -0.39 is 0 Å². The summed E-state index contributed by atoms with van der Waals surface area (Å²) in [5.74, 6) is 0.0320. The third-order valence-electron chi connectivity index (χ3n) is 5.97. The van der Waals surface area contributed by atoms with Gasteiger partial charge in [-0.3, -0.25) is 9.59 Å². The number of aromatic nitrogens is 1. The van der Waals surface area contributed by atoms with Crippen molar-refractivity contribution in [3.05, 3.63) is 78.6 Å². The van der Waals surface area contributed by atoms with Crippen LogP contribution in [0, 0.1) is 0 Å². The molecule has 2 aromatic carbocycles. The zero-order valence-corrected chi connectivity index (χ0v) is 19.4. The Morgan fingerprint density at radius 1 is 1.03 bits per heavy atom. The van der Waals surface area contributed by atoms with Crippen LogP contribution >= 0.6 is 0 Å². The predicted octanol–water partition coefficient (Wildman–Crippen LogP) is 4.04. The van der Waals surface area contributed by atoms with Crippen LogP contribution in [-0.2, 0) is 9.53 Å². The predicted molar refractivity (Wildman–Crippen MR) is 135 cm³/mol. The number of carbonyl (C=O) groups is 2. The molecule has 35 heavy (non-hydrogen) atoms. The van der Waals surface area contributed by atoms with Gasteiger partial charge in [0.2, 0.25) is 5.91 Å². The van der Waals surface area contributed by atoms with Crippen molar-refractivity contribution in [1.82, 2.24) is 9.88 Å². The number of furan rings is 1. The molecule has 0 radical (unpaired) electrons. The molecule has 3 heterocycles. The Bertz CT molecular complexity index is 1330. The first-order valence-corrected chi connectivity index (χ1v) is 11.5. The van der Waals surface area contributed by atoms with Crippen LogP contribution in [0.4, 0.5) is 11.4 Å². The highest BCUT2D eigenvalue weighted by atomic mass is 16.5. The number of hydrogen-bond donors (Lipinski definition) is 1. The fraction of sp³-hybridized carbons (Fsp3) is 0.222. The number of nitrogens with zero attached hydrogens (tertiary/aromatic N) is 3. The Morgan fingerprint density at radius 3 is 2.54 bits per heavy atom. The fourth-order valence-electron chi connectivity index (χ4n) is 4.17. The summed E-state index contributed by atoms with van der Waals surface area (Å²) in [6, 6.07) is 20.4. The molecule has 0 atom stereocenters. The Kier molecular flexibility index (Phi) is 6.45. The van der Waals surface area contributed by atoms with Crippen molar-refractivity contribution in [1.29, 1.82) is 0 Å². The van der Waals surface area contributed by atoms with Crippen LogP contribution in [-0.4, -0.2) is 61.6 Å². The van der Waals surface area contributed by atoms with E-state index in [1.165, 1.54) is 4.90 Å². The molecule has 5 rings (SSSR count). The Morgan fingerprint density at radius 2 is 1.80 bits per heavy atom. The van der Waals surface area contributed by atoms with Crippen molar-refractivity contribution in [2.24, 2.45) is 0 Å². The van der Waals surface area contributed by atoms with Gasteiger partial charge in [-0.05, 0) is 48.5 Å². The number of fused-ring (bicyclic) bond motifs is 1. The molecule has 1 aliphatic heterocycles. The number of likely N-dealkylation sites (N-methyl/N-ethyl adjacent to an activating group) is 1. The molecule has 0 bridgehead atoms. The van der Waals surface area contributed by atoms with E-state index in [0.717, 1.165) is 24.2 Å². The maximum Gasteiger partial charge on any atom is 0.254 e. The Hall–Kier alpha value is -4.17. The van der Waals surface area contributed by atoms with Crippen molar-refractivity contribution >= 4 is 34.1 Å². The number of rotatable bonds is 6. The highest BCUT2D eigenvalue weighted by Crippen LogP contribution is 2.26. The second-order valence-electron chi connectivity index (χ2n) is 8.41. The summed E-state index contributed by atoms with van der Waals surface area (Å²) in [7, 11) is 1.62. The van der Waals surface area contributed by atoms with Crippen LogP contribution in [0.2, 0.25) is 0 Å². The molecule has 2 aromatic heterocycles. The zero-order valence-electron chi connectivity index (χ0n) is 19.4. The van der Waals surface area contributed by atoms with Gasteiger partial charge in [-0.25, -0.2) is 4.98 Å². The summed E-state index contributed by atoms with van der Waals surface area (Å²) < 4.78 is 10.9. The number of para-hydroxylation sites is 1. The number of anilines is 2. The number of pyridine rings is 1. The number of ether oxygens (including phenoxy) is 1. The zero-order chi connectivity index (χ0) is 24.2. The minimum absolute atomic E-state index is 0.0865. The van der Waals surface area contributed by atoms with Gasteiger partial charge in [-0.1, -0.05) is 18.2 Å². The maximum atomic E-state index is 13.4. The van der Waals surface area contributed by atoms with Gasteiger partial charge < -0.3 is 24.3 Å². The molecule has 1 saturated heterocycles. The van der Waals surface area contributed by atoms with Gasteiger partial charge in [0.25, 0.3) is 5.91 Å². The summed E-state index contributed by atoms with van der Waals surface area (Å²) in [6.45, 7) is 3.05. The number of amides is 2. The van der Waals surface area contributed by atoms with Gasteiger partial charge in [0, 0.05) is 36.9 Å². The third-order valence-corrected chi connectivity index (χ3v) is 5.97. The largest absolute Gasteiger partial charge is 0.463 e. The van der Waals surface area contributed by atoms with Gasteiger partial charge in [0.15, 0.2) is 5.76 Å². The normalized spacial score (nSPS) is 13.6. The Labute approximate surface area is 203 Å². The molecule has 0 saturated carbocycles. The minimum atomic E-state index is -0.274. The summed E-state index contributed by atoms with van der Waals surface area (Å²) in [5.41, 5.74) is 3.49. The summed E-state index contributed by atoms with van der Waals surface area (Å²) in [4.78, 5) is 34.3. The van der Waals surface area contributed by atoms with E-state index in [9.17, 15) is 9.59 Å². The van der Waals surface area contributed by atoms with Crippen LogP contribution < -0.4 is 10.2 Å². The average molecular weight is 471 g/mol. The van der Waals surface area contributed by atoms with Crippen LogP contribution in [0.3, 0.4) is 0 Å². The van der Waals surface area contributed by atoms with E-state index in [2.05, 4.69) is 15.2 Å². The van der Waals surface area contributed by atoms with Gasteiger partial charge in [-0.2, -0.15) is 0 Å². The molecular weight excluding hydrogens is 444 g/mol. The van der Waals surface area contributed by atoms with Crippen LogP contribution in [0.15, 0.2) is 77.4 Å². The first-order chi connectivity index (χ1) is 17.1. The second-order valence-corrected chi connectivity index (χ2v) is 8.41. The lowest BCUT2D eigenvalue weighted by Gasteiger charge is -2.28. The maximum absolute atomic E-state index is 13.4. The van der Waals surface area contributed by atoms with Crippen LogP contribution in [0.1, 0.15) is 10.4 Å². The van der Waals surface area contributed by atoms with E-state index >= 15 is 0 Å². The lowest BCUT2D eigenvalue weighted by molar-refractivity contribution is -0.116. The van der Waals surface area contributed by atoms with Gasteiger partial charge >= 0.3 is 0 Å². The van der Waals surface area contributed by atoms with Gasteiger partial charge in [0.05, 0.1) is 37.1 Å². The van der Waals surface area contributed by atoms with Gasteiger partial charge in [-0.15, -0.1) is 0 Å². The van der Waals surface area contributed by atoms with E-state index in [4.69, 9.17) is 9.15 Å². The lowest BCUT2D eigenvalue weighted by atomic mass is 10.1. The average Bonchev–Trinajstić information content (AvgIpc) is 3.44. The molecule has 1 aliphatic rings. The summed E-state index contributed by atoms with van der Waals surface area (Å²) >= 11 is 0. The highest BCUT2D eigenvalue weighted by molar-refractivity contribution is 6.08. The van der Waals surface area contributed by atoms with E-state index in [-0.39, 0.29) is 18.4 Å². The van der Waals surface area contributed by atoms with Crippen molar-refractivity contribution in [3.63, 3.8) is 0 Å². The summed E-state index contributed by atoms with van der Waals surface area (Å²) in [6.07, 6.45) is 1.57. The Balaban J connectivity index is 1.29. The highest BCUT2D eigenvalue weighted by Gasteiger charge is 2.20. The van der Waals surface area contributed by atoms with E-state index in [1.54, 1.807) is 31.5 Å². The molecule has 0 aliphatic carbocycles. The molecule has 0 unspecified atom stereocenters. The number of morpholine rings is 1. The molecule has 4 aromatic rings. The number of benzene rings is 2. The quantitative estimate of drug-likeness (QED) is 0.458. The van der Waals surface area contributed by atoms with Crippen LogP contribution in [0.5, 0.6) is 0 Å². The lowest BCUT2D eigenvalue weighted by Crippen LogP contribution is -2.36.